The summed E-state index contributed by atoms with van der Waals surface area (Å²) >= 11 is 9.37. The molecular formula is C14H17BrCl2O3S. The predicted molar refractivity (Wildman–Crippen MR) is 88.8 cm³/mol. The summed E-state index contributed by atoms with van der Waals surface area (Å²) in [6, 6.07) is 3.02. The summed E-state index contributed by atoms with van der Waals surface area (Å²) < 4.78 is 29.9. The van der Waals surface area contributed by atoms with Crippen LogP contribution in [-0.4, -0.2) is 14.5 Å². The van der Waals surface area contributed by atoms with Gasteiger partial charge in [-0.3, -0.25) is 0 Å². The van der Waals surface area contributed by atoms with E-state index >= 15 is 0 Å². The van der Waals surface area contributed by atoms with E-state index in [1.165, 1.54) is 6.07 Å². The van der Waals surface area contributed by atoms with Crippen molar-refractivity contribution in [3.8, 4) is 5.75 Å². The second-order valence-electron chi connectivity index (χ2n) is 5.66. The molecule has 1 fully saturated rings. The van der Waals surface area contributed by atoms with E-state index in [4.69, 9.17) is 27.0 Å². The number of rotatable bonds is 3. The Bertz CT molecular complexity index is 633. The van der Waals surface area contributed by atoms with E-state index in [1.807, 2.05) is 0 Å². The first kappa shape index (κ1) is 17.4. The zero-order valence-electron chi connectivity index (χ0n) is 11.8. The van der Waals surface area contributed by atoms with Crippen molar-refractivity contribution >= 4 is 47.3 Å². The van der Waals surface area contributed by atoms with E-state index in [0.717, 1.165) is 19.3 Å². The van der Waals surface area contributed by atoms with Gasteiger partial charge in [0.05, 0.1) is 11.1 Å². The highest BCUT2D eigenvalue weighted by molar-refractivity contribution is 9.10. The summed E-state index contributed by atoms with van der Waals surface area (Å²) in [5.74, 6) is 1.34. The zero-order chi connectivity index (χ0) is 15.8. The summed E-state index contributed by atoms with van der Waals surface area (Å²) in [6.07, 6.45) is 2.80. The highest BCUT2D eigenvalue weighted by Crippen LogP contribution is 2.40. The van der Waals surface area contributed by atoms with Crippen LogP contribution in [0.4, 0.5) is 0 Å². The van der Waals surface area contributed by atoms with Crippen molar-refractivity contribution < 1.29 is 13.2 Å². The fourth-order valence-electron chi connectivity index (χ4n) is 2.60. The summed E-state index contributed by atoms with van der Waals surface area (Å²) in [7, 11) is 1.57. The molecular weight excluding hydrogens is 399 g/mol. The van der Waals surface area contributed by atoms with Gasteiger partial charge in [-0.15, -0.1) is 0 Å². The number of ether oxygens (including phenoxy) is 1. The van der Waals surface area contributed by atoms with Gasteiger partial charge in [0.1, 0.15) is 4.90 Å². The molecule has 1 saturated carbocycles. The quantitative estimate of drug-likeness (QED) is 0.634. The monoisotopic (exact) mass is 414 g/mol. The largest absolute Gasteiger partial charge is 0.487 e. The molecule has 3 nitrogen and oxygen atoms in total. The maximum absolute atomic E-state index is 11.7. The molecule has 3 unspecified atom stereocenters. The van der Waals surface area contributed by atoms with Crippen molar-refractivity contribution in [2.45, 2.75) is 44.1 Å². The van der Waals surface area contributed by atoms with E-state index in [1.54, 1.807) is 6.07 Å². The molecule has 21 heavy (non-hydrogen) atoms. The fourth-order valence-corrected chi connectivity index (χ4v) is 4.66. The van der Waals surface area contributed by atoms with Crippen molar-refractivity contribution in [3.63, 3.8) is 0 Å². The number of hydrogen-bond donors (Lipinski definition) is 0. The Kier molecular flexibility index (Phi) is 5.50. The molecule has 0 N–H and O–H groups in total. The Morgan fingerprint density at radius 1 is 1.24 bits per heavy atom. The molecule has 3 atom stereocenters. The maximum Gasteiger partial charge on any atom is 0.265 e. The maximum atomic E-state index is 11.7. The Balaban J connectivity index is 2.32. The van der Waals surface area contributed by atoms with Crippen molar-refractivity contribution in [2.24, 2.45) is 11.8 Å². The Hall–Kier alpha value is 0.0300. The minimum atomic E-state index is -3.92. The summed E-state index contributed by atoms with van der Waals surface area (Å²) in [6.45, 7) is 4.41. The van der Waals surface area contributed by atoms with Crippen LogP contribution in [0.3, 0.4) is 0 Å². The molecule has 0 bridgehead atoms. The van der Waals surface area contributed by atoms with Crippen LogP contribution in [0.2, 0.25) is 5.02 Å². The standard InChI is InChI=1S/C14H17BrCl2O3S/c1-8-3-4-11(5-9(8)2)20-14-12(16)6-10(15)7-13(14)21(17,18)19/h6-9,11H,3-5H2,1-2H3. The predicted octanol–water partition coefficient (Wildman–Crippen LogP) is 5.23. The van der Waals surface area contributed by atoms with Gasteiger partial charge in [0.15, 0.2) is 5.75 Å². The molecule has 0 amide bonds. The van der Waals surface area contributed by atoms with Crippen molar-refractivity contribution in [1.29, 1.82) is 0 Å². The van der Waals surface area contributed by atoms with Crippen molar-refractivity contribution in [1.82, 2.24) is 0 Å². The molecule has 118 valence electrons. The third-order valence-electron chi connectivity index (χ3n) is 4.07. The smallest absolute Gasteiger partial charge is 0.265 e. The van der Waals surface area contributed by atoms with Crippen molar-refractivity contribution in [3.05, 3.63) is 21.6 Å². The number of halogens is 3. The molecule has 1 aromatic carbocycles. The van der Waals surface area contributed by atoms with Gasteiger partial charge in [-0.25, -0.2) is 8.42 Å². The Morgan fingerprint density at radius 3 is 2.48 bits per heavy atom. The lowest BCUT2D eigenvalue weighted by Crippen LogP contribution is -2.29. The van der Waals surface area contributed by atoms with Crippen LogP contribution >= 0.6 is 38.2 Å². The second kappa shape index (κ2) is 6.65. The summed E-state index contributed by atoms with van der Waals surface area (Å²) in [4.78, 5) is -0.0881. The van der Waals surface area contributed by atoms with E-state index in [0.29, 0.717) is 16.3 Å². The van der Waals surface area contributed by atoms with E-state index in [2.05, 4.69) is 29.8 Å². The van der Waals surface area contributed by atoms with Gasteiger partial charge in [-0.2, -0.15) is 0 Å². The number of hydrogen-bond acceptors (Lipinski definition) is 3. The minimum Gasteiger partial charge on any atom is -0.487 e. The topological polar surface area (TPSA) is 43.4 Å². The fraction of sp³-hybridized carbons (Fsp3) is 0.571. The van der Waals surface area contributed by atoms with E-state index < -0.39 is 9.05 Å². The van der Waals surface area contributed by atoms with E-state index in [9.17, 15) is 8.42 Å². The molecule has 0 aliphatic heterocycles. The highest BCUT2D eigenvalue weighted by atomic mass is 79.9. The third-order valence-corrected chi connectivity index (χ3v) is 6.14. The first-order chi connectivity index (χ1) is 9.68. The molecule has 1 aliphatic carbocycles. The van der Waals surface area contributed by atoms with Gasteiger partial charge in [0.25, 0.3) is 9.05 Å². The molecule has 0 radical (unpaired) electrons. The molecule has 0 spiro atoms. The first-order valence-corrected chi connectivity index (χ1v) is 10.3. The SMILES string of the molecule is CC1CCC(Oc2c(Cl)cc(Br)cc2S(=O)(=O)Cl)CC1C. The highest BCUT2D eigenvalue weighted by Gasteiger charge is 2.29. The van der Waals surface area contributed by atoms with Gasteiger partial charge in [0, 0.05) is 15.2 Å². The molecule has 1 aromatic rings. The molecule has 0 heterocycles. The average Bonchev–Trinajstić information content (AvgIpc) is 2.35. The summed E-state index contributed by atoms with van der Waals surface area (Å²) in [5.41, 5.74) is 0. The second-order valence-corrected chi connectivity index (χ2v) is 9.52. The van der Waals surface area contributed by atoms with E-state index in [-0.39, 0.29) is 21.8 Å². The van der Waals surface area contributed by atoms with Crippen LogP contribution < -0.4 is 4.74 Å². The first-order valence-electron chi connectivity index (χ1n) is 6.79. The molecule has 0 saturated heterocycles. The van der Waals surface area contributed by atoms with Crippen LogP contribution in [0.1, 0.15) is 33.1 Å². The van der Waals surface area contributed by atoms with Gasteiger partial charge in [-0.05, 0) is 43.2 Å². The van der Waals surface area contributed by atoms with Gasteiger partial charge >= 0.3 is 0 Å². The zero-order valence-corrected chi connectivity index (χ0v) is 15.7. The Morgan fingerprint density at radius 2 is 1.90 bits per heavy atom. The lowest BCUT2D eigenvalue weighted by atomic mass is 9.80. The minimum absolute atomic E-state index is 0.0351. The Labute approximate surface area is 143 Å². The van der Waals surface area contributed by atoms with Gasteiger partial charge < -0.3 is 4.74 Å². The van der Waals surface area contributed by atoms with Crippen LogP contribution in [0.25, 0.3) is 0 Å². The van der Waals surface area contributed by atoms with Gasteiger partial charge in [0.2, 0.25) is 0 Å². The molecule has 0 aromatic heterocycles. The van der Waals surface area contributed by atoms with Crippen LogP contribution in [0, 0.1) is 11.8 Å². The lowest BCUT2D eigenvalue weighted by molar-refractivity contribution is 0.0980. The molecule has 2 rings (SSSR count). The molecule has 1 aliphatic rings. The normalized spacial score (nSPS) is 26.6. The summed E-state index contributed by atoms with van der Waals surface area (Å²) in [5, 5.41) is 0.245. The number of benzene rings is 1. The average molecular weight is 416 g/mol. The lowest BCUT2D eigenvalue weighted by Gasteiger charge is -2.32. The van der Waals surface area contributed by atoms with Gasteiger partial charge in [-0.1, -0.05) is 41.4 Å². The molecule has 7 heteroatoms. The third kappa shape index (κ3) is 4.27. The van der Waals surface area contributed by atoms with Crippen LogP contribution in [0.5, 0.6) is 5.75 Å². The van der Waals surface area contributed by atoms with Crippen LogP contribution in [0.15, 0.2) is 21.5 Å². The van der Waals surface area contributed by atoms with Crippen molar-refractivity contribution in [2.75, 3.05) is 0 Å². The van der Waals surface area contributed by atoms with Crippen LogP contribution in [-0.2, 0) is 9.05 Å².